The van der Waals surface area contributed by atoms with E-state index in [0.717, 1.165) is 11.4 Å². The van der Waals surface area contributed by atoms with Gasteiger partial charge >= 0.3 is 0 Å². The van der Waals surface area contributed by atoms with Gasteiger partial charge in [-0.3, -0.25) is 9.78 Å². The number of aromatic nitrogens is 3. The molecule has 2 aromatic rings. The first-order chi connectivity index (χ1) is 8.08. The number of carbonyl (C=O) groups is 1. The zero-order chi connectivity index (χ0) is 12.4. The largest absolute Gasteiger partial charge is 0.293 e. The lowest BCUT2D eigenvalue weighted by atomic mass is 10.1. The zero-order valence-electron chi connectivity index (χ0n) is 10.2. The first-order valence-corrected chi connectivity index (χ1v) is 5.61. The molecule has 0 bridgehead atoms. The topological polar surface area (TPSA) is 47.8 Å². The minimum Gasteiger partial charge on any atom is -0.293 e. The van der Waals surface area contributed by atoms with Crippen LogP contribution in [0.1, 0.15) is 42.9 Å². The van der Waals surface area contributed by atoms with Crippen LogP contribution in [-0.4, -0.2) is 20.5 Å². The Morgan fingerprint density at radius 3 is 2.53 bits per heavy atom. The third kappa shape index (κ3) is 2.41. The summed E-state index contributed by atoms with van der Waals surface area (Å²) in [5.74, 6) is 0.376. The molecule has 0 unspecified atom stereocenters. The van der Waals surface area contributed by atoms with Gasteiger partial charge in [0.1, 0.15) is 5.69 Å². The number of rotatable bonds is 3. The van der Waals surface area contributed by atoms with Gasteiger partial charge in [0.15, 0.2) is 5.78 Å². The van der Waals surface area contributed by atoms with E-state index in [9.17, 15) is 4.79 Å². The van der Waals surface area contributed by atoms with Crippen molar-refractivity contribution in [3.63, 3.8) is 0 Å². The highest BCUT2D eigenvalue weighted by Gasteiger charge is 2.06. The predicted molar refractivity (Wildman–Crippen MR) is 65.5 cm³/mol. The molecule has 0 radical (unpaired) electrons. The van der Waals surface area contributed by atoms with Crippen molar-refractivity contribution in [3.8, 4) is 5.69 Å². The molecule has 17 heavy (non-hydrogen) atoms. The summed E-state index contributed by atoms with van der Waals surface area (Å²) < 4.78 is 1.77. The van der Waals surface area contributed by atoms with Crippen molar-refractivity contribution >= 4 is 5.78 Å². The molecule has 0 N–H and O–H groups in total. The molecule has 0 amide bonds. The Morgan fingerprint density at radius 1 is 1.29 bits per heavy atom. The van der Waals surface area contributed by atoms with Crippen molar-refractivity contribution in [2.75, 3.05) is 0 Å². The number of nitrogens with zero attached hydrogens (tertiary/aromatic N) is 3. The van der Waals surface area contributed by atoms with Crippen molar-refractivity contribution in [1.82, 2.24) is 14.8 Å². The fraction of sp³-hybridized carbons (Fsp3) is 0.308. The van der Waals surface area contributed by atoms with Crippen LogP contribution in [0.15, 0.2) is 30.6 Å². The lowest BCUT2D eigenvalue weighted by molar-refractivity contribution is 0.101. The molecule has 0 aliphatic heterocycles. The Kier molecular flexibility index (Phi) is 3.04. The van der Waals surface area contributed by atoms with E-state index in [1.807, 2.05) is 18.3 Å². The van der Waals surface area contributed by atoms with E-state index < -0.39 is 0 Å². The predicted octanol–water partition coefficient (Wildman–Crippen LogP) is 2.59. The molecule has 4 heteroatoms. The molecule has 0 aliphatic rings. The fourth-order valence-electron chi connectivity index (χ4n) is 1.52. The molecule has 0 spiro atoms. The highest BCUT2D eigenvalue weighted by molar-refractivity contribution is 5.92. The van der Waals surface area contributed by atoms with Gasteiger partial charge in [-0.2, -0.15) is 5.10 Å². The van der Waals surface area contributed by atoms with Crippen LogP contribution in [0.3, 0.4) is 0 Å². The summed E-state index contributed by atoms with van der Waals surface area (Å²) >= 11 is 0. The molecule has 0 aliphatic carbocycles. The van der Waals surface area contributed by atoms with Gasteiger partial charge in [0.05, 0.1) is 17.6 Å². The Labute approximate surface area is 100 Å². The van der Waals surface area contributed by atoms with Crippen molar-refractivity contribution in [2.24, 2.45) is 0 Å². The molecule has 2 aromatic heterocycles. The summed E-state index contributed by atoms with van der Waals surface area (Å²) in [5.41, 5.74) is 2.38. The van der Waals surface area contributed by atoms with Crippen molar-refractivity contribution in [3.05, 3.63) is 42.0 Å². The molecule has 0 fully saturated rings. The Hall–Kier alpha value is -1.97. The Morgan fingerprint density at radius 2 is 2.06 bits per heavy atom. The van der Waals surface area contributed by atoms with Crippen molar-refractivity contribution in [2.45, 2.75) is 26.7 Å². The quantitative estimate of drug-likeness (QED) is 0.760. The lowest BCUT2D eigenvalue weighted by Gasteiger charge is -2.02. The van der Waals surface area contributed by atoms with Gasteiger partial charge in [-0.1, -0.05) is 13.8 Å². The molecular formula is C13H15N3O. The van der Waals surface area contributed by atoms with Crippen LogP contribution in [-0.2, 0) is 0 Å². The van der Waals surface area contributed by atoms with Gasteiger partial charge in [0.25, 0.3) is 0 Å². The minimum atomic E-state index is -0.0279. The first kappa shape index (κ1) is 11.5. The second-order valence-electron chi connectivity index (χ2n) is 4.30. The standard InChI is InChI=1S/C13H15N3O/c1-9(2)12-6-7-16(15-12)11-4-5-13(10(3)17)14-8-11/h4-9H,1-3H3. The van der Waals surface area contributed by atoms with Crippen LogP contribution in [0.5, 0.6) is 0 Å². The Bertz CT molecular complexity index is 526. The fourth-order valence-corrected chi connectivity index (χ4v) is 1.52. The average Bonchev–Trinajstić information content (AvgIpc) is 2.78. The van der Waals surface area contributed by atoms with Crippen molar-refractivity contribution in [1.29, 1.82) is 0 Å². The number of ketones is 1. The van der Waals surface area contributed by atoms with E-state index in [1.165, 1.54) is 6.92 Å². The Balaban J connectivity index is 2.30. The maximum atomic E-state index is 11.1. The molecule has 2 rings (SSSR count). The van der Waals surface area contributed by atoms with Gasteiger partial charge in [-0.15, -0.1) is 0 Å². The first-order valence-electron chi connectivity index (χ1n) is 5.61. The molecule has 0 saturated heterocycles. The van der Waals surface area contributed by atoms with E-state index >= 15 is 0 Å². The summed E-state index contributed by atoms with van der Waals surface area (Å²) in [4.78, 5) is 15.2. The molecule has 4 nitrogen and oxygen atoms in total. The maximum Gasteiger partial charge on any atom is 0.178 e. The molecule has 2 heterocycles. The number of Topliss-reactive ketones (excluding diaryl/α,β-unsaturated/α-hetero) is 1. The van der Waals surface area contributed by atoms with E-state index in [1.54, 1.807) is 16.9 Å². The van der Waals surface area contributed by atoms with E-state index in [0.29, 0.717) is 11.6 Å². The highest BCUT2D eigenvalue weighted by atomic mass is 16.1. The van der Waals surface area contributed by atoms with Gasteiger partial charge in [0, 0.05) is 13.1 Å². The smallest absolute Gasteiger partial charge is 0.178 e. The summed E-state index contributed by atoms with van der Waals surface area (Å²) in [6, 6.07) is 5.55. The highest BCUT2D eigenvalue weighted by Crippen LogP contribution is 2.13. The van der Waals surface area contributed by atoms with Crippen LogP contribution in [0, 0.1) is 0 Å². The normalized spacial score (nSPS) is 10.8. The average molecular weight is 229 g/mol. The molecule has 88 valence electrons. The summed E-state index contributed by atoms with van der Waals surface area (Å²) in [7, 11) is 0. The molecule has 0 atom stereocenters. The number of hydrogen-bond acceptors (Lipinski definition) is 3. The second kappa shape index (κ2) is 4.49. The molecular weight excluding hydrogens is 214 g/mol. The number of hydrogen-bond donors (Lipinski definition) is 0. The van der Waals surface area contributed by atoms with Gasteiger partial charge < -0.3 is 0 Å². The van der Waals surface area contributed by atoms with Gasteiger partial charge in [-0.05, 0) is 24.1 Å². The number of pyridine rings is 1. The van der Waals surface area contributed by atoms with Crippen LogP contribution >= 0.6 is 0 Å². The summed E-state index contributed by atoms with van der Waals surface area (Å²) in [6.45, 7) is 5.71. The maximum absolute atomic E-state index is 11.1. The van der Waals surface area contributed by atoms with Crippen LogP contribution < -0.4 is 0 Å². The SMILES string of the molecule is CC(=O)c1ccc(-n2ccc(C(C)C)n2)cn1. The third-order valence-electron chi connectivity index (χ3n) is 2.57. The minimum absolute atomic E-state index is 0.0279. The van der Waals surface area contributed by atoms with Crippen LogP contribution in [0.2, 0.25) is 0 Å². The van der Waals surface area contributed by atoms with E-state index in [-0.39, 0.29) is 5.78 Å². The summed E-state index contributed by atoms with van der Waals surface area (Å²) in [5, 5.41) is 4.45. The van der Waals surface area contributed by atoms with Gasteiger partial charge in [-0.25, -0.2) is 4.68 Å². The summed E-state index contributed by atoms with van der Waals surface area (Å²) in [6.07, 6.45) is 3.56. The zero-order valence-corrected chi connectivity index (χ0v) is 10.2. The van der Waals surface area contributed by atoms with Crippen LogP contribution in [0.4, 0.5) is 0 Å². The lowest BCUT2D eigenvalue weighted by Crippen LogP contribution is -2.01. The monoisotopic (exact) mass is 229 g/mol. The van der Waals surface area contributed by atoms with Crippen LogP contribution in [0.25, 0.3) is 5.69 Å². The molecule has 0 aromatic carbocycles. The molecule has 0 saturated carbocycles. The third-order valence-corrected chi connectivity index (χ3v) is 2.57. The number of carbonyl (C=O) groups excluding carboxylic acids is 1. The van der Waals surface area contributed by atoms with E-state index in [4.69, 9.17) is 0 Å². The second-order valence-corrected chi connectivity index (χ2v) is 4.30. The van der Waals surface area contributed by atoms with Crippen molar-refractivity contribution < 1.29 is 4.79 Å². The van der Waals surface area contributed by atoms with Gasteiger partial charge in [0.2, 0.25) is 0 Å². The van der Waals surface area contributed by atoms with E-state index in [2.05, 4.69) is 23.9 Å².